The summed E-state index contributed by atoms with van der Waals surface area (Å²) in [5.41, 5.74) is 1.93. The Bertz CT molecular complexity index is 568. The molecule has 0 aromatic carbocycles. The van der Waals surface area contributed by atoms with Crippen LogP contribution in [0, 0.1) is 6.92 Å². The van der Waals surface area contributed by atoms with Crippen LogP contribution >= 0.6 is 0 Å². The second-order valence-electron chi connectivity index (χ2n) is 3.99. The summed E-state index contributed by atoms with van der Waals surface area (Å²) >= 11 is 0. The normalized spacial score (nSPS) is 10.0. The van der Waals surface area contributed by atoms with Gasteiger partial charge < -0.3 is 10.6 Å². The molecule has 6 heteroatoms. The Morgan fingerprint density at radius 2 is 2.11 bits per heavy atom. The van der Waals surface area contributed by atoms with Crippen molar-refractivity contribution in [2.75, 3.05) is 12.4 Å². The second-order valence-corrected chi connectivity index (χ2v) is 3.99. The van der Waals surface area contributed by atoms with E-state index in [0.717, 1.165) is 5.69 Å². The molecule has 0 bridgehead atoms. The van der Waals surface area contributed by atoms with Gasteiger partial charge in [-0.25, -0.2) is 4.98 Å². The number of carbonyl (C=O) groups is 1. The van der Waals surface area contributed by atoms with Gasteiger partial charge in [0.1, 0.15) is 11.5 Å². The van der Waals surface area contributed by atoms with Crippen LogP contribution in [0.5, 0.6) is 0 Å². The van der Waals surface area contributed by atoms with E-state index in [1.807, 2.05) is 6.92 Å². The Morgan fingerprint density at radius 3 is 2.79 bits per heavy atom. The monoisotopic (exact) mass is 257 g/mol. The van der Waals surface area contributed by atoms with Gasteiger partial charge in [0.15, 0.2) is 0 Å². The topological polar surface area (TPSA) is 79.8 Å². The van der Waals surface area contributed by atoms with E-state index < -0.39 is 0 Å². The summed E-state index contributed by atoms with van der Waals surface area (Å²) in [6, 6.07) is 5.23. The standard InChI is InChI=1S/C13H15N5O/c1-9-6-16-10(7-15-9)8-17-13(19)11-4-3-5-12(14-2)18-11/h3-7H,8H2,1-2H3,(H,14,18)(H,17,19). The number of aryl methyl sites for hydroxylation is 1. The molecule has 0 saturated carbocycles. The Kier molecular flexibility index (Phi) is 4.02. The first-order valence-electron chi connectivity index (χ1n) is 5.89. The molecule has 0 spiro atoms. The van der Waals surface area contributed by atoms with Gasteiger partial charge in [0.05, 0.1) is 24.1 Å². The zero-order valence-corrected chi connectivity index (χ0v) is 10.8. The highest BCUT2D eigenvalue weighted by Crippen LogP contribution is 2.04. The number of aromatic nitrogens is 3. The average Bonchev–Trinajstić information content (AvgIpc) is 2.46. The van der Waals surface area contributed by atoms with Crippen LogP contribution in [0.2, 0.25) is 0 Å². The minimum Gasteiger partial charge on any atom is -0.373 e. The lowest BCUT2D eigenvalue weighted by Crippen LogP contribution is -2.24. The van der Waals surface area contributed by atoms with Crippen LogP contribution in [0.4, 0.5) is 5.82 Å². The first-order valence-corrected chi connectivity index (χ1v) is 5.89. The van der Waals surface area contributed by atoms with E-state index in [0.29, 0.717) is 23.8 Å². The zero-order chi connectivity index (χ0) is 13.7. The van der Waals surface area contributed by atoms with E-state index in [1.165, 1.54) is 0 Å². The van der Waals surface area contributed by atoms with Crippen LogP contribution in [-0.2, 0) is 6.54 Å². The number of hydrogen-bond acceptors (Lipinski definition) is 5. The summed E-state index contributed by atoms with van der Waals surface area (Å²) < 4.78 is 0. The number of anilines is 1. The minimum atomic E-state index is -0.237. The van der Waals surface area contributed by atoms with E-state index >= 15 is 0 Å². The summed E-state index contributed by atoms with van der Waals surface area (Å²) in [7, 11) is 1.76. The highest BCUT2D eigenvalue weighted by molar-refractivity contribution is 5.92. The third-order valence-electron chi connectivity index (χ3n) is 2.50. The van der Waals surface area contributed by atoms with Gasteiger partial charge in [0, 0.05) is 13.2 Å². The van der Waals surface area contributed by atoms with Crippen molar-refractivity contribution in [2.24, 2.45) is 0 Å². The van der Waals surface area contributed by atoms with Crippen LogP contribution in [-0.4, -0.2) is 27.9 Å². The third kappa shape index (κ3) is 3.48. The molecule has 0 aliphatic rings. The summed E-state index contributed by atoms with van der Waals surface area (Å²) in [5.74, 6) is 0.419. The lowest BCUT2D eigenvalue weighted by atomic mass is 10.3. The zero-order valence-electron chi connectivity index (χ0n) is 10.8. The van der Waals surface area contributed by atoms with E-state index in [2.05, 4.69) is 25.6 Å². The number of pyridine rings is 1. The van der Waals surface area contributed by atoms with Crippen molar-refractivity contribution < 1.29 is 4.79 Å². The minimum absolute atomic E-state index is 0.237. The number of nitrogens with one attached hydrogen (secondary N) is 2. The van der Waals surface area contributed by atoms with Gasteiger partial charge in [-0.3, -0.25) is 14.8 Å². The molecule has 0 unspecified atom stereocenters. The Hall–Kier alpha value is -2.50. The average molecular weight is 257 g/mol. The first-order chi connectivity index (χ1) is 9.19. The highest BCUT2D eigenvalue weighted by Gasteiger charge is 2.07. The second kappa shape index (κ2) is 5.90. The van der Waals surface area contributed by atoms with Gasteiger partial charge in [-0.05, 0) is 19.1 Å². The molecule has 6 nitrogen and oxygen atoms in total. The largest absolute Gasteiger partial charge is 0.373 e. The summed E-state index contributed by atoms with van der Waals surface area (Å²) in [4.78, 5) is 24.3. The molecule has 1 amide bonds. The molecule has 2 aromatic heterocycles. The lowest BCUT2D eigenvalue weighted by molar-refractivity contribution is 0.0945. The predicted molar refractivity (Wildman–Crippen MR) is 71.7 cm³/mol. The molecule has 0 atom stereocenters. The molecule has 0 aliphatic heterocycles. The lowest BCUT2D eigenvalue weighted by Gasteiger charge is -2.05. The van der Waals surface area contributed by atoms with Crippen molar-refractivity contribution in [1.29, 1.82) is 0 Å². The molecule has 0 saturated heterocycles. The SMILES string of the molecule is CNc1cccc(C(=O)NCc2cnc(C)cn2)n1. The van der Waals surface area contributed by atoms with Crippen molar-refractivity contribution in [3.63, 3.8) is 0 Å². The summed E-state index contributed by atoms with van der Waals surface area (Å²) in [5, 5.41) is 5.64. The Balaban J connectivity index is 1.99. The van der Waals surface area contributed by atoms with E-state index in [1.54, 1.807) is 37.6 Å². The molecule has 19 heavy (non-hydrogen) atoms. The third-order valence-corrected chi connectivity index (χ3v) is 2.50. The maximum absolute atomic E-state index is 11.9. The van der Waals surface area contributed by atoms with E-state index in [-0.39, 0.29) is 5.91 Å². The van der Waals surface area contributed by atoms with Crippen molar-refractivity contribution in [1.82, 2.24) is 20.3 Å². The molecule has 2 N–H and O–H groups in total. The Morgan fingerprint density at radius 1 is 1.26 bits per heavy atom. The summed E-state index contributed by atoms with van der Waals surface area (Å²) in [6.45, 7) is 2.19. The fraction of sp³-hybridized carbons (Fsp3) is 0.231. The molecular weight excluding hydrogens is 242 g/mol. The summed E-state index contributed by atoms with van der Waals surface area (Å²) in [6.07, 6.45) is 3.31. The molecule has 2 rings (SSSR count). The maximum atomic E-state index is 11.9. The van der Waals surface area contributed by atoms with Gasteiger partial charge in [0.2, 0.25) is 0 Å². The van der Waals surface area contributed by atoms with Gasteiger partial charge in [-0.15, -0.1) is 0 Å². The molecule has 0 fully saturated rings. The first kappa shape index (κ1) is 12.9. The van der Waals surface area contributed by atoms with Crippen LogP contribution in [0.15, 0.2) is 30.6 Å². The molecule has 98 valence electrons. The molecule has 2 heterocycles. The number of nitrogens with zero attached hydrogens (tertiary/aromatic N) is 3. The van der Waals surface area contributed by atoms with Crippen LogP contribution in [0.1, 0.15) is 21.9 Å². The number of hydrogen-bond donors (Lipinski definition) is 2. The highest BCUT2D eigenvalue weighted by atomic mass is 16.1. The van der Waals surface area contributed by atoms with Crippen molar-refractivity contribution >= 4 is 11.7 Å². The Labute approximate surface area is 111 Å². The molecule has 0 aliphatic carbocycles. The molecular formula is C13H15N5O. The van der Waals surface area contributed by atoms with Gasteiger partial charge in [-0.2, -0.15) is 0 Å². The van der Waals surface area contributed by atoms with E-state index in [4.69, 9.17) is 0 Å². The number of rotatable bonds is 4. The smallest absolute Gasteiger partial charge is 0.270 e. The van der Waals surface area contributed by atoms with Crippen LogP contribution in [0.25, 0.3) is 0 Å². The molecule has 2 aromatic rings. The van der Waals surface area contributed by atoms with Crippen LogP contribution in [0.3, 0.4) is 0 Å². The van der Waals surface area contributed by atoms with Crippen molar-refractivity contribution in [3.05, 3.63) is 47.7 Å². The molecule has 0 radical (unpaired) electrons. The maximum Gasteiger partial charge on any atom is 0.270 e. The van der Waals surface area contributed by atoms with Crippen molar-refractivity contribution in [2.45, 2.75) is 13.5 Å². The number of amides is 1. The quantitative estimate of drug-likeness (QED) is 0.859. The fourth-order valence-electron chi connectivity index (χ4n) is 1.47. The van der Waals surface area contributed by atoms with Crippen molar-refractivity contribution in [3.8, 4) is 0 Å². The number of carbonyl (C=O) groups excluding carboxylic acids is 1. The van der Waals surface area contributed by atoms with Gasteiger partial charge >= 0.3 is 0 Å². The van der Waals surface area contributed by atoms with Gasteiger partial charge in [0.25, 0.3) is 5.91 Å². The van der Waals surface area contributed by atoms with E-state index in [9.17, 15) is 4.79 Å². The van der Waals surface area contributed by atoms with Crippen LogP contribution < -0.4 is 10.6 Å². The predicted octanol–water partition coefficient (Wildman–Crippen LogP) is 1.15. The van der Waals surface area contributed by atoms with Gasteiger partial charge in [-0.1, -0.05) is 6.07 Å². The fourth-order valence-corrected chi connectivity index (χ4v) is 1.47.